The summed E-state index contributed by atoms with van der Waals surface area (Å²) in [7, 11) is 3.26. The van der Waals surface area contributed by atoms with Gasteiger partial charge in [-0.3, -0.25) is 4.79 Å². The molecule has 1 atom stereocenters. The largest absolute Gasteiger partial charge is 0.444 e. The normalized spacial score (nSPS) is 11.9. The third-order valence-electron chi connectivity index (χ3n) is 4.30. The van der Waals surface area contributed by atoms with Crippen LogP contribution in [0.4, 0.5) is 0 Å². The van der Waals surface area contributed by atoms with E-state index in [9.17, 15) is 9.59 Å². The molecule has 1 aromatic heterocycles. The molecule has 0 unspecified atom stereocenters. The van der Waals surface area contributed by atoms with Crippen LogP contribution in [0.25, 0.3) is 11.0 Å². The first kappa shape index (κ1) is 18.5. The fourth-order valence-electron chi connectivity index (χ4n) is 2.66. The number of benzene rings is 2. The number of aryl methyl sites for hydroxylation is 2. The second-order valence-electron chi connectivity index (χ2n) is 6.53. The van der Waals surface area contributed by atoms with Crippen molar-refractivity contribution in [2.45, 2.75) is 20.0 Å². The highest BCUT2D eigenvalue weighted by atomic mass is 16.5. The maximum Gasteiger partial charge on any atom is 0.339 e. The summed E-state index contributed by atoms with van der Waals surface area (Å²) < 4.78 is 5.57. The SMILES string of the molecule is Cc1nc2ccc(C(=O)O[C@H](C(=O)N(C)C)c3ccccc3)cc2nc1C. The molecular formula is C21H21N3O3. The fourth-order valence-corrected chi connectivity index (χ4v) is 2.66. The highest BCUT2D eigenvalue weighted by molar-refractivity contribution is 5.95. The van der Waals surface area contributed by atoms with Crippen LogP contribution in [-0.4, -0.2) is 40.8 Å². The first-order valence-corrected chi connectivity index (χ1v) is 8.59. The van der Waals surface area contributed by atoms with Gasteiger partial charge in [-0.1, -0.05) is 30.3 Å². The minimum Gasteiger partial charge on any atom is -0.444 e. The lowest BCUT2D eigenvalue weighted by molar-refractivity contribution is -0.138. The summed E-state index contributed by atoms with van der Waals surface area (Å²) in [5.41, 5.74) is 3.92. The molecule has 0 saturated heterocycles. The number of aromatic nitrogens is 2. The van der Waals surface area contributed by atoms with Crippen LogP contribution in [0.5, 0.6) is 0 Å². The van der Waals surface area contributed by atoms with E-state index < -0.39 is 12.1 Å². The van der Waals surface area contributed by atoms with E-state index in [1.165, 1.54) is 4.90 Å². The topological polar surface area (TPSA) is 72.4 Å². The number of rotatable bonds is 4. The van der Waals surface area contributed by atoms with Crippen LogP contribution >= 0.6 is 0 Å². The molecule has 1 heterocycles. The van der Waals surface area contributed by atoms with Crippen LogP contribution in [0, 0.1) is 13.8 Å². The summed E-state index contributed by atoms with van der Waals surface area (Å²) in [6.45, 7) is 3.76. The van der Waals surface area contributed by atoms with E-state index in [4.69, 9.17) is 4.74 Å². The van der Waals surface area contributed by atoms with Gasteiger partial charge in [0.15, 0.2) is 0 Å². The predicted octanol–water partition coefficient (Wildman–Crippen LogP) is 3.23. The Labute approximate surface area is 157 Å². The van der Waals surface area contributed by atoms with Crippen LogP contribution in [0.3, 0.4) is 0 Å². The van der Waals surface area contributed by atoms with Gasteiger partial charge in [-0.15, -0.1) is 0 Å². The van der Waals surface area contributed by atoms with Gasteiger partial charge in [0, 0.05) is 19.7 Å². The Hall–Kier alpha value is -3.28. The van der Waals surface area contributed by atoms with E-state index in [1.807, 2.05) is 19.9 Å². The summed E-state index contributed by atoms with van der Waals surface area (Å²) in [4.78, 5) is 35.6. The van der Waals surface area contributed by atoms with Gasteiger partial charge in [0.05, 0.1) is 28.0 Å². The summed E-state index contributed by atoms with van der Waals surface area (Å²) >= 11 is 0. The molecule has 6 nitrogen and oxygen atoms in total. The van der Waals surface area contributed by atoms with Crippen molar-refractivity contribution in [3.63, 3.8) is 0 Å². The van der Waals surface area contributed by atoms with Gasteiger partial charge >= 0.3 is 5.97 Å². The van der Waals surface area contributed by atoms with Crippen LogP contribution in [0.15, 0.2) is 48.5 Å². The Morgan fingerprint density at radius 3 is 2.19 bits per heavy atom. The average molecular weight is 363 g/mol. The molecule has 138 valence electrons. The summed E-state index contributed by atoms with van der Waals surface area (Å²) in [6, 6.07) is 14.0. The predicted molar refractivity (Wildman–Crippen MR) is 102 cm³/mol. The molecule has 0 radical (unpaired) electrons. The molecule has 0 aliphatic carbocycles. The van der Waals surface area contributed by atoms with Gasteiger partial charge in [-0.05, 0) is 32.0 Å². The molecule has 0 N–H and O–H groups in total. The molecule has 0 spiro atoms. The molecule has 0 aliphatic heterocycles. The van der Waals surface area contributed by atoms with Gasteiger partial charge in [0.25, 0.3) is 5.91 Å². The zero-order chi connectivity index (χ0) is 19.6. The van der Waals surface area contributed by atoms with Gasteiger partial charge in [0.1, 0.15) is 0 Å². The Morgan fingerprint density at radius 2 is 1.56 bits per heavy atom. The van der Waals surface area contributed by atoms with Crippen molar-refractivity contribution >= 4 is 22.9 Å². The molecular weight excluding hydrogens is 342 g/mol. The number of amides is 1. The number of hydrogen-bond acceptors (Lipinski definition) is 5. The molecule has 0 fully saturated rings. The van der Waals surface area contributed by atoms with Crippen LogP contribution in [0.2, 0.25) is 0 Å². The fraction of sp³-hybridized carbons (Fsp3) is 0.238. The van der Waals surface area contributed by atoms with E-state index in [0.29, 0.717) is 22.2 Å². The zero-order valence-corrected chi connectivity index (χ0v) is 15.8. The van der Waals surface area contributed by atoms with Crippen LogP contribution < -0.4 is 0 Å². The van der Waals surface area contributed by atoms with E-state index >= 15 is 0 Å². The van der Waals surface area contributed by atoms with Crippen molar-refractivity contribution in [3.8, 4) is 0 Å². The first-order valence-electron chi connectivity index (χ1n) is 8.59. The van der Waals surface area contributed by atoms with E-state index in [1.54, 1.807) is 56.6 Å². The average Bonchev–Trinajstić information content (AvgIpc) is 2.66. The third kappa shape index (κ3) is 3.95. The number of carbonyl (C=O) groups is 2. The third-order valence-corrected chi connectivity index (χ3v) is 4.30. The van der Waals surface area contributed by atoms with Gasteiger partial charge in [-0.25, -0.2) is 14.8 Å². The Morgan fingerprint density at radius 1 is 0.926 bits per heavy atom. The molecule has 0 bridgehead atoms. The number of hydrogen-bond donors (Lipinski definition) is 0. The van der Waals surface area contributed by atoms with E-state index in [2.05, 4.69) is 9.97 Å². The monoisotopic (exact) mass is 363 g/mol. The molecule has 1 amide bonds. The molecule has 3 aromatic rings. The van der Waals surface area contributed by atoms with Gasteiger partial charge < -0.3 is 9.64 Å². The summed E-state index contributed by atoms with van der Waals surface area (Å²) in [6.07, 6.45) is -1.00. The first-order chi connectivity index (χ1) is 12.9. The Bertz CT molecular complexity index is 1000. The molecule has 3 rings (SSSR count). The lowest BCUT2D eigenvalue weighted by Crippen LogP contribution is -2.31. The van der Waals surface area contributed by atoms with Gasteiger partial charge in [0.2, 0.25) is 6.10 Å². The number of fused-ring (bicyclic) bond motifs is 1. The molecule has 2 aromatic carbocycles. The Balaban J connectivity index is 1.92. The molecule has 6 heteroatoms. The lowest BCUT2D eigenvalue weighted by Gasteiger charge is -2.21. The van der Waals surface area contributed by atoms with Crippen molar-refractivity contribution in [1.82, 2.24) is 14.9 Å². The standard InChI is InChI=1S/C21H21N3O3/c1-13-14(2)23-18-12-16(10-11-17(18)22-13)21(26)27-19(20(25)24(3)4)15-8-6-5-7-9-15/h5-12,19H,1-4H3/t19-/m0/s1. The molecule has 27 heavy (non-hydrogen) atoms. The van der Waals surface area contributed by atoms with Crippen LogP contribution in [-0.2, 0) is 9.53 Å². The minimum absolute atomic E-state index is 0.304. The number of ether oxygens (including phenoxy) is 1. The molecule has 0 saturated carbocycles. The maximum atomic E-state index is 12.7. The van der Waals surface area contributed by atoms with E-state index in [0.717, 1.165) is 11.4 Å². The second-order valence-corrected chi connectivity index (χ2v) is 6.53. The minimum atomic E-state index is -1.00. The molecule has 0 aliphatic rings. The van der Waals surface area contributed by atoms with Gasteiger partial charge in [-0.2, -0.15) is 0 Å². The number of likely N-dealkylation sites (N-methyl/N-ethyl adjacent to an activating group) is 1. The number of carbonyl (C=O) groups excluding carboxylic acids is 2. The Kier molecular flexibility index (Phi) is 5.16. The number of nitrogens with zero attached hydrogens (tertiary/aromatic N) is 3. The number of esters is 1. The van der Waals surface area contributed by atoms with Crippen molar-refractivity contribution in [3.05, 3.63) is 71.0 Å². The van der Waals surface area contributed by atoms with E-state index in [-0.39, 0.29) is 5.91 Å². The van der Waals surface area contributed by atoms with Crippen molar-refractivity contribution in [2.75, 3.05) is 14.1 Å². The second kappa shape index (κ2) is 7.53. The zero-order valence-electron chi connectivity index (χ0n) is 15.8. The van der Waals surface area contributed by atoms with Crippen molar-refractivity contribution in [2.24, 2.45) is 0 Å². The quantitative estimate of drug-likeness (QED) is 0.666. The van der Waals surface area contributed by atoms with Crippen molar-refractivity contribution < 1.29 is 14.3 Å². The highest BCUT2D eigenvalue weighted by Gasteiger charge is 2.27. The smallest absolute Gasteiger partial charge is 0.339 e. The van der Waals surface area contributed by atoms with Crippen molar-refractivity contribution in [1.29, 1.82) is 0 Å². The summed E-state index contributed by atoms with van der Waals surface area (Å²) in [5.74, 6) is -0.886. The maximum absolute atomic E-state index is 12.7. The summed E-state index contributed by atoms with van der Waals surface area (Å²) in [5, 5.41) is 0. The lowest BCUT2D eigenvalue weighted by atomic mass is 10.1. The highest BCUT2D eigenvalue weighted by Crippen LogP contribution is 2.22. The van der Waals surface area contributed by atoms with Crippen LogP contribution in [0.1, 0.15) is 33.4 Å².